The third-order valence-electron chi connectivity index (χ3n) is 5.50. The van der Waals surface area contributed by atoms with Crippen molar-refractivity contribution in [3.05, 3.63) is 35.9 Å². The molecule has 2 aliphatic heterocycles. The minimum Gasteiger partial charge on any atom is -0.342 e. The Morgan fingerprint density at radius 2 is 1.76 bits per heavy atom. The van der Waals surface area contributed by atoms with Gasteiger partial charge in [0.1, 0.15) is 0 Å². The van der Waals surface area contributed by atoms with Crippen LogP contribution >= 0.6 is 0 Å². The van der Waals surface area contributed by atoms with Gasteiger partial charge in [-0.25, -0.2) is 12.7 Å². The van der Waals surface area contributed by atoms with Crippen LogP contribution < -0.4 is 0 Å². The summed E-state index contributed by atoms with van der Waals surface area (Å²) >= 11 is 0. The molecule has 0 aliphatic carbocycles. The molecule has 1 atom stereocenters. The van der Waals surface area contributed by atoms with E-state index >= 15 is 0 Å². The maximum absolute atomic E-state index is 12.8. The number of sulfonamides is 1. The van der Waals surface area contributed by atoms with Gasteiger partial charge in [-0.1, -0.05) is 30.3 Å². The maximum Gasteiger partial charge on any atom is 0.227 e. The Bertz CT molecular complexity index is 682. The molecule has 2 heterocycles. The van der Waals surface area contributed by atoms with Crippen molar-refractivity contribution in [1.82, 2.24) is 9.21 Å². The molecule has 3 rings (SSSR count). The summed E-state index contributed by atoms with van der Waals surface area (Å²) in [4.78, 5) is 14.8. The van der Waals surface area contributed by atoms with Crippen molar-refractivity contribution in [1.29, 1.82) is 0 Å². The molecular formula is C19H28N2O3S. The first-order valence-corrected chi connectivity index (χ1v) is 11.1. The summed E-state index contributed by atoms with van der Waals surface area (Å²) in [6.07, 6.45) is 5.94. The summed E-state index contributed by atoms with van der Waals surface area (Å²) in [6.45, 7) is 2.49. The van der Waals surface area contributed by atoms with Crippen LogP contribution in [0.5, 0.6) is 0 Å². The second-order valence-corrected chi connectivity index (χ2v) is 9.40. The van der Waals surface area contributed by atoms with Gasteiger partial charge in [-0.3, -0.25) is 4.79 Å². The molecule has 1 aromatic rings. The van der Waals surface area contributed by atoms with E-state index < -0.39 is 10.0 Å². The largest absolute Gasteiger partial charge is 0.342 e. The predicted molar refractivity (Wildman–Crippen MR) is 98.6 cm³/mol. The Morgan fingerprint density at radius 3 is 2.40 bits per heavy atom. The van der Waals surface area contributed by atoms with Crippen LogP contribution in [0.25, 0.3) is 0 Å². The lowest BCUT2D eigenvalue weighted by Crippen LogP contribution is -2.48. The van der Waals surface area contributed by atoms with E-state index in [1.165, 1.54) is 16.1 Å². The molecule has 2 saturated heterocycles. The first-order valence-electron chi connectivity index (χ1n) is 9.21. The zero-order valence-corrected chi connectivity index (χ0v) is 15.7. The van der Waals surface area contributed by atoms with Crippen molar-refractivity contribution in [2.24, 2.45) is 11.8 Å². The highest BCUT2D eigenvalue weighted by atomic mass is 32.2. The van der Waals surface area contributed by atoms with E-state index in [4.69, 9.17) is 0 Å². The van der Waals surface area contributed by atoms with Crippen molar-refractivity contribution < 1.29 is 13.2 Å². The topological polar surface area (TPSA) is 57.7 Å². The monoisotopic (exact) mass is 364 g/mol. The van der Waals surface area contributed by atoms with Crippen molar-refractivity contribution in [2.75, 3.05) is 32.4 Å². The second kappa shape index (κ2) is 7.87. The van der Waals surface area contributed by atoms with Gasteiger partial charge in [-0.2, -0.15) is 0 Å². The van der Waals surface area contributed by atoms with Crippen LogP contribution in [0, 0.1) is 11.8 Å². The average molecular weight is 365 g/mol. The Hall–Kier alpha value is -1.40. The third kappa shape index (κ3) is 4.82. The average Bonchev–Trinajstić information content (AvgIpc) is 2.62. The molecule has 5 nitrogen and oxygen atoms in total. The van der Waals surface area contributed by atoms with Crippen LogP contribution in [0.2, 0.25) is 0 Å². The van der Waals surface area contributed by atoms with Crippen LogP contribution in [0.1, 0.15) is 31.2 Å². The number of carbonyl (C=O) groups excluding carboxylic acids is 1. The highest BCUT2D eigenvalue weighted by Crippen LogP contribution is 2.26. The van der Waals surface area contributed by atoms with Gasteiger partial charge < -0.3 is 4.90 Å². The lowest BCUT2D eigenvalue weighted by Gasteiger charge is -2.37. The van der Waals surface area contributed by atoms with E-state index in [-0.39, 0.29) is 11.8 Å². The first kappa shape index (κ1) is 18.4. The summed E-state index contributed by atoms with van der Waals surface area (Å²) in [6, 6.07) is 10.5. The molecule has 0 unspecified atom stereocenters. The molecule has 0 radical (unpaired) electrons. The lowest BCUT2D eigenvalue weighted by molar-refractivity contribution is -0.138. The van der Waals surface area contributed by atoms with E-state index in [1.807, 2.05) is 11.0 Å². The molecule has 6 heteroatoms. The molecule has 0 N–H and O–H groups in total. The van der Waals surface area contributed by atoms with Gasteiger partial charge in [0.05, 0.1) is 12.2 Å². The molecule has 0 bridgehead atoms. The Morgan fingerprint density at radius 1 is 1.08 bits per heavy atom. The van der Waals surface area contributed by atoms with Gasteiger partial charge in [0.25, 0.3) is 0 Å². The first-order chi connectivity index (χ1) is 11.9. The summed E-state index contributed by atoms with van der Waals surface area (Å²) in [7, 11) is -3.20. The van der Waals surface area contributed by atoms with Crippen molar-refractivity contribution in [3.63, 3.8) is 0 Å². The summed E-state index contributed by atoms with van der Waals surface area (Å²) in [5.41, 5.74) is 1.36. The Kier molecular flexibility index (Phi) is 5.79. The lowest BCUT2D eigenvalue weighted by atomic mass is 9.89. The molecule has 1 aromatic carbocycles. The number of hydrogen-bond donors (Lipinski definition) is 0. The maximum atomic E-state index is 12.8. The standard InChI is InChI=1S/C19H28N2O3S/c1-25(23,24)21-11-5-8-18(15-21)19(22)20-12-9-17(10-13-20)14-16-6-3-2-4-7-16/h2-4,6-7,17-18H,5,8-15H2,1H3/t18-/m1/s1. The zero-order chi connectivity index (χ0) is 17.9. The molecule has 0 aromatic heterocycles. The van der Waals surface area contributed by atoms with Crippen molar-refractivity contribution in [2.45, 2.75) is 32.1 Å². The van der Waals surface area contributed by atoms with Crippen molar-refractivity contribution in [3.8, 4) is 0 Å². The number of piperidine rings is 2. The third-order valence-corrected chi connectivity index (χ3v) is 6.77. The molecule has 2 fully saturated rings. The molecular weight excluding hydrogens is 336 g/mol. The Labute approximate surface area is 151 Å². The van der Waals surface area contributed by atoms with Crippen LogP contribution in [-0.2, 0) is 21.2 Å². The second-order valence-electron chi connectivity index (χ2n) is 7.42. The number of benzene rings is 1. The number of hydrogen-bond acceptors (Lipinski definition) is 3. The summed E-state index contributed by atoms with van der Waals surface area (Å²) < 4.78 is 25.0. The van der Waals surface area contributed by atoms with E-state index in [2.05, 4.69) is 24.3 Å². The molecule has 25 heavy (non-hydrogen) atoms. The number of rotatable bonds is 4. The SMILES string of the molecule is CS(=O)(=O)N1CCC[C@@H](C(=O)N2CCC(Cc3ccccc3)CC2)C1. The van der Waals surface area contributed by atoms with Crippen LogP contribution in [0.4, 0.5) is 0 Å². The number of nitrogens with zero attached hydrogens (tertiary/aromatic N) is 2. The van der Waals surface area contributed by atoms with Gasteiger partial charge in [-0.05, 0) is 43.6 Å². The van der Waals surface area contributed by atoms with Crippen LogP contribution in [-0.4, -0.2) is 56.0 Å². The minimum atomic E-state index is -3.20. The number of carbonyl (C=O) groups is 1. The van der Waals surface area contributed by atoms with Gasteiger partial charge in [0, 0.05) is 26.2 Å². The minimum absolute atomic E-state index is 0.145. The van der Waals surface area contributed by atoms with Gasteiger partial charge in [0.2, 0.25) is 15.9 Å². The summed E-state index contributed by atoms with van der Waals surface area (Å²) in [5, 5.41) is 0. The molecule has 2 aliphatic rings. The number of amides is 1. The van der Waals surface area contributed by atoms with Crippen LogP contribution in [0.3, 0.4) is 0 Å². The fourth-order valence-corrected chi connectivity index (χ4v) is 4.92. The Balaban J connectivity index is 1.51. The zero-order valence-electron chi connectivity index (χ0n) is 14.9. The quantitative estimate of drug-likeness (QED) is 0.822. The highest BCUT2D eigenvalue weighted by Gasteiger charge is 2.33. The number of likely N-dealkylation sites (tertiary alicyclic amines) is 1. The van der Waals surface area contributed by atoms with E-state index in [9.17, 15) is 13.2 Å². The predicted octanol–water partition coefficient (Wildman–Crippen LogP) is 2.14. The molecule has 0 saturated carbocycles. The molecule has 138 valence electrons. The summed E-state index contributed by atoms with van der Waals surface area (Å²) in [5.74, 6) is 0.603. The van der Waals surface area contributed by atoms with E-state index in [0.717, 1.165) is 45.2 Å². The van der Waals surface area contributed by atoms with Crippen LogP contribution in [0.15, 0.2) is 30.3 Å². The fraction of sp³-hybridized carbons (Fsp3) is 0.632. The van der Waals surface area contributed by atoms with Gasteiger partial charge in [0.15, 0.2) is 0 Å². The highest BCUT2D eigenvalue weighted by molar-refractivity contribution is 7.88. The molecule has 1 amide bonds. The smallest absolute Gasteiger partial charge is 0.227 e. The van der Waals surface area contributed by atoms with Gasteiger partial charge >= 0.3 is 0 Å². The van der Waals surface area contributed by atoms with Gasteiger partial charge in [-0.15, -0.1) is 0 Å². The fourth-order valence-electron chi connectivity index (χ4n) is 4.01. The van der Waals surface area contributed by atoms with E-state index in [0.29, 0.717) is 19.0 Å². The molecule has 0 spiro atoms. The normalized spacial score (nSPS) is 23.6. The van der Waals surface area contributed by atoms with E-state index in [1.54, 1.807) is 0 Å². The van der Waals surface area contributed by atoms with Crippen molar-refractivity contribution >= 4 is 15.9 Å².